The van der Waals surface area contributed by atoms with Crippen LogP contribution < -0.4 is 9.47 Å². The van der Waals surface area contributed by atoms with Crippen LogP contribution in [-0.2, 0) is 0 Å². The van der Waals surface area contributed by atoms with Crippen LogP contribution in [-0.4, -0.2) is 37.2 Å². The fourth-order valence-electron chi connectivity index (χ4n) is 3.00. The summed E-state index contributed by atoms with van der Waals surface area (Å²) in [5, 5.41) is 0. The largest absolute Gasteiger partial charge is 0.486 e. The first kappa shape index (κ1) is 12.5. The van der Waals surface area contributed by atoms with Crippen molar-refractivity contribution >= 4 is 0 Å². The van der Waals surface area contributed by atoms with Gasteiger partial charge in [0.25, 0.3) is 0 Å². The molecule has 3 rings (SSSR count). The maximum Gasteiger partial charge on any atom is 0.161 e. The van der Waals surface area contributed by atoms with E-state index in [1.165, 1.54) is 5.57 Å². The van der Waals surface area contributed by atoms with Gasteiger partial charge in [-0.3, -0.25) is 4.90 Å². The predicted molar refractivity (Wildman–Crippen MR) is 75.7 cm³/mol. The van der Waals surface area contributed by atoms with Gasteiger partial charge in [-0.15, -0.1) is 0 Å². The van der Waals surface area contributed by atoms with Crippen molar-refractivity contribution in [2.24, 2.45) is 5.92 Å². The molecule has 0 spiro atoms. The third-order valence-electron chi connectivity index (χ3n) is 3.62. The molecule has 19 heavy (non-hydrogen) atoms. The first-order chi connectivity index (χ1) is 9.20. The molecule has 0 saturated heterocycles. The second-order valence-electron chi connectivity index (χ2n) is 5.68. The molecule has 2 aliphatic heterocycles. The van der Waals surface area contributed by atoms with Gasteiger partial charge in [0.2, 0.25) is 0 Å². The van der Waals surface area contributed by atoms with Crippen molar-refractivity contribution in [3.8, 4) is 11.5 Å². The molecular weight excluding hydrogens is 238 g/mol. The highest BCUT2D eigenvalue weighted by atomic mass is 16.6. The summed E-state index contributed by atoms with van der Waals surface area (Å²) in [7, 11) is 0. The molecule has 0 fully saturated rings. The molecule has 1 aromatic rings. The minimum Gasteiger partial charge on any atom is -0.486 e. The first-order valence-electron chi connectivity index (χ1n) is 6.99. The predicted octanol–water partition coefficient (Wildman–Crippen LogP) is 2.72. The van der Waals surface area contributed by atoms with Gasteiger partial charge >= 0.3 is 0 Å². The fraction of sp³-hybridized carbons (Fsp3) is 0.500. The Morgan fingerprint density at radius 3 is 2.84 bits per heavy atom. The maximum absolute atomic E-state index is 6.02. The zero-order chi connectivity index (χ0) is 13.2. The summed E-state index contributed by atoms with van der Waals surface area (Å²) in [5.74, 6) is 2.36. The number of ether oxygens (including phenoxy) is 2. The number of nitrogens with zero attached hydrogens (tertiary/aromatic N) is 1. The molecule has 0 saturated carbocycles. The second kappa shape index (κ2) is 5.25. The van der Waals surface area contributed by atoms with E-state index in [1.54, 1.807) is 0 Å². The molecule has 0 aromatic heterocycles. The van der Waals surface area contributed by atoms with Crippen molar-refractivity contribution in [2.45, 2.75) is 20.0 Å². The van der Waals surface area contributed by atoms with Crippen LogP contribution in [0, 0.1) is 5.92 Å². The summed E-state index contributed by atoms with van der Waals surface area (Å²) in [4.78, 5) is 2.46. The van der Waals surface area contributed by atoms with E-state index in [4.69, 9.17) is 9.47 Å². The molecule has 2 aliphatic rings. The molecule has 102 valence electrons. The molecule has 3 heteroatoms. The van der Waals surface area contributed by atoms with Gasteiger partial charge in [0, 0.05) is 19.6 Å². The van der Waals surface area contributed by atoms with Gasteiger partial charge in [-0.2, -0.15) is 0 Å². The second-order valence-corrected chi connectivity index (χ2v) is 5.68. The Labute approximate surface area is 114 Å². The highest BCUT2D eigenvalue weighted by molar-refractivity contribution is 5.40. The lowest BCUT2D eigenvalue weighted by molar-refractivity contribution is 0.0573. The standard InChI is InChI=1S/C16H21NO2/c1-12-7-13(2)9-17(8-12)10-14-11-18-15-5-3-4-6-16(15)19-14/h3-7,12,14H,8-11H2,1-2H3. The van der Waals surface area contributed by atoms with Crippen molar-refractivity contribution in [1.82, 2.24) is 4.90 Å². The smallest absolute Gasteiger partial charge is 0.161 e. The van der Waals surface area contributed by atoms with Crippen LogP contribution in [0.4, 0.5) is 0 Å². The quantitative estimate of drug-likeness (QED) is 0.762. The van der Waals surface area contributed by atoms with Crippen LogP contribution in [0.3, 0.4) is 0 Å². The van der Waals surface area contributed by atoms with Crippen molar-refractivity contribution < 1.29 is 9.47 Å². The van der Waals surface area contributed by atoms with Gasteiger partial charge in [-0.1, -0.05) is 30.7 Å². The van der Waals surface area contributed by atoms with Crippen LogP contribution in [0.1, 0.15) is 13.8 Å². The molecule has 0 amide bonds. The van der Waals surface area contributed by atoms with E-state index < -0.39 is 0 Å². The monoisotopic (exact) mass is 259 g/mol. The molecule has 0 bridgehead atoms. The molecule has 2 heterocycles. The first-order valence-corrected chi connectivity index (χ1v) is 6.99. The van der Waals surface area contributed by atoms with Crippen LogP contribution in [0.5, 0.6) is 11.5 Å². The van der Waals surface area contributed by atoms with Gasteiger partial charge < -0.3 is 9.47 Å². The van der Waals surface area contributed by atoms with Crippen LogP contribution >= 0.6 is 0 Å². The Balaban J connectivity index is 1.62. The molecular formula is C16H21NO2. The third kappa shape index (κ3) is 2.92. The normalized spacial score (nSPS) is 26.9. The summed E-state index contributed by atoms with van der Waals surface area (Å²) in [6.45, 7) is 8.21. The van der Waals surface area contributed by atoms with E-state index in [0.717, 1.165) is 31.1 Å². The van der Waals surface area contributed by atoms with E-state index in [1.807, 2.05) is 24.3 Å². The van der Waals surface area contributed by atoms with E-state index in [0.29, 0.717) is 12.5 Å². The zero-order valence-corrected chi connectivity index (χ0v) is 11.6. The number of rotatable bonds is 2. The SMILES string of the molecule is CC1=CC(C)CN(CC2COc3ccccc3O2)C1. The summed E-state index contributed by atoms with van der Waals surface area (Å²) < 4.78 is 11.8. The number of fused-ring (bicyclic) bond motifs is 1. The topological polar surface area (TPSA) is 21.7 Å². The van der Waals surface area contributed by atoms with E-state index in [-0.39, 0.29) is 6.10 Å². The molecule has 1 aromatic carbocycles. The Morgan fingerprint density at radius 1 is 1.26 bits per heavy atom. The molecule has 0 radical (unpaired) electrons. The van der Waals surface area contributed by atoms with Crippen LogP contribution in [0.2, 0.25) is 0 Å². The Bertz CT molecular complexity index is 483. The average Bonchev–Trinajstić information content (AvgIpc) is 2.37. The van der Waals surface area contributed by atoms with E-state index in [9.17, 15) is 0 Å². The Kier molecular flexibility index (Phi) is 3.47. The number of hydrogen-bond acceptors (Lipinski definition) is 3. The number of para-hydroxylation sites is 2. The molecule has 0 N–H and O–H groups in total. The number of hydrogen-bond donors (Lipinski definition) is 0. The van der Waals surface area contributed by atoms with Gasteiger partial charge in [-0.25, -0.2) is 0 Å². The molecule has 3 nitrogen and oxygen atoms in total. The highest BCUT2D eigenvalue weighted by Crippen LogP contribution is 2.31. The van der Waals surface area contributed by atoms with Crippen molar-refractivity contribution in [2.75, 3.05) is 26.2 Å². The molecule has 2 unspecified atom stereocenters. The number of benzene rings is 1. The van der Waals surface area contributed by atoms with Crippen molar-refractivity contribution in [3.05, 3.63) is 35.9 Å². The molecule has 2 atom stereocenters. The summed E-state index contributed by atoms with van der Waals surface area (Å²) in [6, 6.07) is 7.90. The Hall–Kier alpha value is -1.48. The fourth-order valence-corrected chi connectivity index (χ4v) is 3.00. The van der Waals surface area contributed by atoms with Crippen LogP contribution in [0.15, 0.2) is 35.9 Å². The Morgan fingerprint density at radius 2 is 2.05 bits per heavy atom. The lowest BCUT2D eigenvalue weighted by Gasteiger charge is -2.34. The minimum absolute atomic E-state index is 0.132. The lowest BCUT2D eigenvalue weighted by atomic mass is 10.0. The van der Waals surface area contributed by atoms with Gasteiger partial charge in [0.1, 0.15) is 12.7 Å². The highest BCUT2D eigenvalue weighted by Gasteiger charge is 2.24. The summed E-state index contributed by atoms with van der Waals surface area (Å²) in [5.41, 5.74) is 1.45. The summed E-state index contributed by atoms with van der Waals surface area (Å²) in [6.07, 6.45) is 2.50. The van der Waals surface area contributed by atoms with Gasteiger partial charge in [0.05, 0.1) is 0 Å². The average molecular weight is 259 g/mol. The third-order valence-corrected chi connectivity index (χ3v) is 3.62. The minimum atomic E-state index is 0.132. The molecule has 0 aliphatic carbocycles. The van der Waals surface area contributed by atoms with Crippen molar-refractivity contribution in [3.63, 3.8) is 0 Å². The maximum atomic E-state index is 6.02. The summed E-state index contributed by atoms with van der Waals surface area (Å²) >= 11 is 0. The van der Waals surface area contributed by atoms with Crippen molar-refractivity contribution in [1.29, 1.82) is 0 Å². The van der Waals surface area contributed by atoms with Crippen LogP contribution in [0.25, 0.3) is 0 Å². The van der Waals surface area contributed by atoms with E-state index in [2.05, 4.69) is 24.8 Å². The van der Waals surface area contributed by atoms with Gasteiger partial charge in [0.15, 0.2) is 11.5 Å². The van der Waals surface area contributed by atoms with E-state index >= 15 is 0 Å². The lowest BCUT2D eigenvalue weighted by Crippen LogP contribution is -2.44. The van der Waals surface area contributed by atoms with Gasteiger partial charge in [-0.05, 0) is 25.0 Å². The zero-order valence-electron chi connectivity index (χ0n) is 11.6.